The molecule has 2 rings (SSSR count). The van der Waals surface area contributed by atoms with E-state index in [-0.39, 0.29) is 17.2 Å². The Kier molecular flexibility index (Phi) is 3.42. The summed E-state index contributed by atoms with van der Waals surface area (Å²) < 4.78 is 0. The first-order chi connectivity index (χ1) is 8.09. The van der Waals surface area contributed by atoms with E-state index in [2.05, 4.69) is 17.6 Å². The van der Waals surface area contributed by atoms with Crippen molar-refractivity contribution in [2.24, 2.45) is 0 Å². The van der Waals surface area contributed by atoms with E-state index in [1.807, 2.05) is 6.92 Å². The molecule has 0 spiro atoms. The number of carbonyl (C=O) groups excluding carboxylic acids is 2. The molecule has 1 saturated heterocycles. The van der Waals surface area contributed by atoms with Crippen molar-refractivity contribution in [1.82, 2.24) is 14.8 Å². The first-order valence-electron chi connectivity index (χ1n) is 5.52. The third kappa shape index (κ3) is 2.46. The van der Waals surface area contributed by atoms with Gasteiger partial charge in [-0.15, -0.1) is 0 Å². The van der Waals surface area contributed by atoms with Crippen molar-refractivity contribution in [3.63, 3.8) is 0 Å². The van der Waals surface area contributed by atoms with Gasteiger partial charge in [-0.25, -0.2) is 0 Å². The van der Waals surface area contributed by atoms with Crippen LogP contribution in [-0.2, 0) is 0 Å². The van der Waals surface area contributed by atoms with Crippen molar-refractivity contribution in [3.05, 3.63) is 24.0 Å². The fraction of sp³-hybridized carbons (Fsp3) is 0.455. The third-order valence-corrected chi connectivity index (χ3v) is 3.27. The molecule has 1 aliphatic rings. The Balaban J connectivity index is 2.05. The van der Waals surface area contributed by atoms with Gasteiger partial charge in [0.15, 0.2) is 0 Å². The average Bonchev–Trinajstić information content (AvgIpc) is 2.81. The van der Waals surface area contributed by atoms with E-state index in [0.717, 1.165) is 0 Å². The number of aromatic amines is 1. The first kappa shape index (κ1) is 12.0. The summed E-state index contributed by atoms with van der Waals surface area (Å²) in [6.45, 7) is 3.56. The second-order valence-corrected chi connectivity index (χ2v) is 4.54. The molecule has 0 radical (unpaired) electrons. The topological polar surface area (TPSA) is 56.4 Å². The van der Waals surface area contributed by atoms with E-state index in [4.69, 9.17) is 0 Å². The number of nitrogens with one attached hydrogen (secondary N) is 1. The van der Waals surface area contributed by atoms with Crippen LogP contribution in [0, 0.1) is 0 Å². The SMILES string of the molecule is CC1CN(C(=O)S)CCN1C(=O)c1ccc[nH]1. The molecule has 5 nitrogen and oxygen atoms in total. The van der Waals surface area contributed by atoms with Gasteiger partial charge in [0.05, 0.1) is 0 Å². The van der Waals surface area contributed by atoms with Crippen molar-refractivity contribution in [2.75, 3.05) is 19.6 Å². The van der Waals surface area contributed by atoms with Crippen LogP contribution in [0.4, 0.5) is 4.79 Å². The molecule has 0 bridgehead atoms. The highest BCUT2D eigenvalue weighted by Gasteiger charge is 2.29. The monoisotopic (exact) mass is 253 g/mol. The molecule has 1 N–H and O–H groups in total. The van der Waals surface area contributed by atoms with E-state index in [0.29, 0.717) is 25.3 Å². The summed E-state index contributed by atoms with van der Waals surface area (Å²) in [5.41, 5.74) is 0.586. The van der Waals surface area contributed by atoms with E-state index < -0.39 is 0 Å². The summed E-state index contributed by atoms with van der Waals surface area (Å²) in [6.07, 6.45) is 1.73. The second kappa shape index (κ2) is 4.83. The zero-order valence-corrected chi connectivity index (χ0v) is 10.5. The minimum atomic E-state index is -0.233. The van der Waals surface area contributed by atoms with Gasteiger partial charge in [-0.05, 0) is 19.1 Å². The Labute approximate surface area is 105 Å². The van der Waals surface area contributed by atoms with Crippen LogP contribution in [0.5, 0.6) is 0 Å². The molecule has 1 aromatic heterocycles. The molecule has 1 atom stereocenters. The van der Waals surface area contributed by atoms with Crippen LogP contribution in [-0.4, -0.2) is 51.6 Å². The van der Waals surface area contributed by atoms with Crippen LogP contribution in [0.25, 0.3) is 0 Å². The minimum Gasteiger partial charge on any atom is -0.357 e. The van der Waals surface area contributed by atoms with Crippen molar-refractivity contribution in [1.29, 1.82) is 0 Å². The summed E-state index contributed by atoms with van der Waals surface area (Å²) in [4.78, 5) is 29.6. The van der Waals surface area contributed by atoms with Gasteiger partial charge in [-0.3, -0.25) is 9.59 Å². The van der Waals surface area contributed by atoms with Crippen molar-refractivity contribution in [3.8, 4) is 0 Å². The smallest absolute Gasteiger partial charge is 0.278 e. The molecule has 0 aliphatic carbocycles. The molecule has 17 heavy (non-hydrogen) atoms. The zero-order chi connectivity index (χ0) is 12.4. The minimum absolute atomic E-state index is 0.00986. The van der Waals surface area contributed by atoms with Crippen LogP contribution in [0.1, 0.15) is 17.4 Å². The largest absolute Gasteiger partial charge is 0.357 e. The van der Waals surface area contributed by atoms with E-state index >= 15 is 0 Å². The Morgan fingerprint density at radius 3 is 2.76 bits per heavy atom. The van der Waals surface area contributed by atoms with Gasteiger partial charge in [0.2, 0.25) is 0 Å². The van der Waals surface area contributed by atoms with Gasteiger partial charge >= 0.3 is 0 Å². The summed E-state index contributed by atoms with van der Waals surface area (Å²) in [5, 5.41) is -0.233. The number of carbonyl (C=O) groups is 2. The molecule has 1 aliphatic heterocycles. The number of thiol groups is 1. The Bertz CT molecular complexity index is 418. The number of rotatable bonds is 1. The standard InChI is InChI=1S/C11H15N3O2S/c1-8-7-13(11(16)17)5-6-14(8)10(15)9-3-2-4-12-9/h2-4,8,12H,5-7H2,1H3,(H,16,17). The fourth-order valence-electron chi connectivity index (χ4n) is 2.05. The third-order valence-electron chi connectivity index (χ3n) is 2.99. The highest BCUT2D eigenvalue weighted by atomic mass is 32.1. The normalized spacial score (nSPS) is 20.5. The number of H-pyrrole nitrogens is 1. The molecular formula is C11H15N3O2S. The molecule has 1 unspecified atom stereocenters. The lowest BCUT2D eigenvalue weighted by atomic mass is 10.2. The number of nitrogens with zero attached hydrogens (tertiary/aromatic N) is 2. The summed E-state index contributed by atoms with van der Waals surface area (Å²) in [5.74, 6) is -0.0197. The summed E-state index contributed by atoms with van der Waals surface area (Å²) >= 11 is 3.80. The van der Waals surface area contributed by atoms with Crippen molar-refractivity contribution < 1.29 is 9.59 Å². The average molecular weight is 253 g/mol. The Morgan fingerprint density at radius 2 is 2.24 bits per heavy atom. The van der Waals surface area contributed by atoms with Crippen LogP contribution in [0.2, 0.25) is 0 Å². The quantitative estimate of drug-likeness (QED) is 0.739. The lowest BCUT2D eigenvalue weighted by molar-refractivity contribution is 0.0553. The Hall–Kier alpha value is -1.43. The fourth-order valence-corrected chi connectivity index (χ4v) is 2.23. The number of amides is 2. The molecule has 92 valence electrons. The van der Waals surface area contributed by atoms with Crippen LogP contribution < -0.4 is 0 Å². The maximum absolute atomic E-state index is 12.1. The van der Waals surface area contributed by atoms with Crippen molar-refractivity contribution in [2.45, 2.75) is 13.0 Å². The number of aromatic nitrogens is 1. The molecule has 0 saturated carbocycles. The summed E-state index contributed by atoms with van der Waals surface area (Å²) in [7, 11) is 0. The molecule has 1 aromatic rings. The van der Waals surface area contributed by atoms with Crippen LogP contribution in [0.3, 0.4) is 0 Å². The predicted molar refractivity (Wildman–Crippen MR) is 67.2 cm³/mol. The van der Waals surface area contributed by atoms with Gasteiger partial charge in [-0.1, -0.05) is 12.6 Å². The first-order valence-corrected chi connectivity index (χ1v) is 5.96. The summed E-state index contributed by atoms with van der Waals surface area (Å²) in [6, 6.07) is 3.56. The molecule has 2 amide bonds. The lowest BCUT2D eigenvalue weighted by Crippen LogP contribution is -2.54. The molecule has 1 fully saturated rings. The number of hydrogen-bond donors (Lipinski definition) is 2. The Morgan fingerprint density at radius 1 is 1.47 bits per heavy atom. The van der Waals surface area contributed by atoms with Crippen LogP contribution >= 0.6 is 12.6 Å². The van der Waals surface area contributed by atoms with Gasteiger partial charge in [0.1, 0.15) is 5.69 Å². The van der Waals surface area contributed by atoms with E-state index in [9.17, 15) is 9.59 Å². The van der Waals surface area contributed by atoms with Gasteiger partial charge in [0.25, 0.3) is 11.1 Å². The lowest BCUT2D eigenvalue weighted by Gasteiger charge is -2.39. The second-order valence-electron chi connectivity index (χ2n) is 4.16. The zero-order valence-electron chi connectivity index (χ0n) is 9.59. The van der Waals surface area contributed by atoms with Gasteiger partial charge in [0, 0.05) is 31.9 Å². The maximum atomic E-state index is 12.1. The number of hydrogen-bond acceptors (Lipinski definition) is 2. The van der Waals surface area contributed by atoms with Crippen molar-refractivity contribution >= 4 is 23.8 Å². The maximum Gasteiger partial charge on any atom is 0.278 e. The van der Waals surface area contributed by atoms with Gasteiger partial charge < -0.3 is 14.8 Å². The highest BCUT2D eigenvalue weighted by molar-refractivity contribution is 7.96. The van der Waals surface area contributed by atoms with Gasteiger partial charge in [-0.2, -0.15) is 0 Å². The van der Waals surface area contributed by atoms with Crippen LogP contribution in [0.15, 0.2) is 18.3 Å². The predicted octanol–water partition coefficient (Wildman–Crippen LogP) is 1.21. The van der Waals surface area contributed by atoms with E-state index in [1.54, 1.807) is 28.1 Å². The molecule has 0 aromatic carbocycles. The number of piperazine rings is 1. The molecule has 6 heteroatoms. The molecular weight excluding hydrogens is 238 g/mol. The highest BCUT2D eigenvalue weighted by Crippen LogP contribution is 2.14. The van der Waals surface area contributed by atoms with E-state index in [1.165, 1.54) is 0 Å². The molecule has 2 heterocycles.